The van der Waals surface area contributed by atoms with Crippen molar-refractivity contribution in [1.82, 2.24) is 9.29 Å². The highest BCUT2D eigenvalue weighted by Crippen LogP contribution is 2.26. The summed E-state index contributed by atoms with van der Waals surface area (Å²) in [6.45, 7) is 3.29. The Bertz CT molecular complexity index is 899. The fourth-order valence-electron chi connectivity index (χ4n) is 2.81. The van der Waals surface area contributed by atoms with Crippen LogP contribution < -0.4 is 4.90 Å². The quantitative estimate of drug-likeness (QED) is 0.666. The van der Waals surface area contributed by atoms with Gasteiger partial charge in [-0.15, -0.1) is 0 Å². The van der Waals surface area contributed by atoms with Crippen LogP contribution in [0.5, 0.6) is 0 Å². The predicted molar refractivity (Wildman–Crippen MR) is 109 cm³/mol. The molecular weight excluding hydrogens is 398 g/mol. The van der Waals surface area contributed by atoms with E-state index in [4.69, 9.17) is 4.74 Å². The molecule has 0 saturated carbocycles. The van der Waals surface area contributed by atoms with Crippen LogP contribution in [0.4, 0.5) is 5.69 Å². The Labute approximate surface area is 169 Å². The number of benzene rings is 1. The van der Waals surface area contributed by atoms with Crippen LogP contribution in [0.1, 0.15) is 6.92 Å². The summed E-state index contributed by atoms with van der Waals surface area (Å²) in [4.78, 5) is 18.7. The third-order valence-corrected chi connectivity index (χ3v) is 7.36. The summed E-state index contributed by atoms with van der Waals surface area (Å²) < 4.78 is 31.9. The number of ether oxygens (including phenoxy) is 1. The van der Waals surface area contributed by atoms with Gasteiger partial charge in [-0.25, -0.2) is 13.4 Å². The normalized spacial score (nSPS) is 16.5. The molecule has 2 aromatic rings. The molecule has 1 aliphatic rings. The van der Waals surface area contributed by atoms with Crippen molar-refractivity contribution in [2.45, 2.75) is 22.1 Å². The van der Waals surface area contributed by atoms with E-state index in [-0.39, 0.29) is 16.1 Å². The first kappa shape index (κ1) is 20.8. The van der Waals surface area contributed by atoms with Crippen molar-refractivity contribution in [2.75, 3.05) is 38.3 Å². The van der Waals surface area contributed by atoms with Gasteiger partial charge in [0.25, 0.3) is 0 Å². The SMILES string of the molecule is C[C@H](Sc1ccc(S(=O)(=O)N2CCOCC2)cn1)C(=O)N(C)c1ccccc1. The number of hydrogen-bond donors (Lipinski definition) is 0. The lowest BCUT2D eigenvalue weighted by Crippen LogP contribution is -2.40. The van der Waals surface area contributed by atoms with Gasteiger partial charge in [0.15, 0.2) is 0 Å². The number of thioether (sulfide) groups is 1. The van der Waals surface area contributed by atoms with Crippen LogP contribution in [-0.2, 0) is 19.6 Å². The smallest absolute Gasteiger partial charge is 0.244 e. The zero-order valence-electron chi connectivity index (χ0n) is 15.8. The summed E-state index contributed by atoms with van der Waals surface area (Å²) in [7, 11) is -1.83. The highest BCUT2D eigenvalue weighted by molar-refractivity contribution is 8.00. The van der Waals surface area contributed by atoms with Crippen molar-refractivity contribution >= 4 is 33.4 Å². The number of carbonyl (C=O) groups is 1. The molecule has 0 spiro atoms. The van der Waals surface area contributed by atoms with E-state index in [0.717, 1.165) is 5.69 Å². The molecule has 2 heterocycles. The van der Waals surface area contributed by atoms with Crippen LogP contribution >= 0.6 is 11.8 Å². The molecule has 1 amide bonds. The molecule has 1 fully saturated rings. The van der Waals surface area contributed by atoms with Crippen molar-refractivity contribution in [3.05, 3.63) is 48.7 Å². The van der Waals surface area contributed by atoms with Gasteiger partial charge in [0, 0.05) is 32.0 Å². The van der Waals surface area contributed by atoms with Crippen LogP contribution in [0.25, 0.3) is 0 Å². The molecule has 9 heteroatoms. The molecule has 0 radical (unpaired) electrons. The molecule has 0 aliphatic carbocycles. The molecule has 1 aromatic carbocycles. The second-order valence-corrected chi connectivity index (χ2v) is 9.64. The number of carbonyl (C=O) groups excluding carboxylic acids is 1. The van der Waals surface area contributed by atoms with Gasteiger partial charge in [-0.05, 0) is 31.2 Å². The number of sulfonamides is 1. The first-order valence-electron chi connectivity index (χ1n) is 8.93. The van der Waals surface area contributed by atoms with E-state index >= 15 is 0 Å². The molecule has 1 aromatic heterocycles. The molecule has 150 valence electrons. The highest BCUT2D eigenvalue weighted by Gasteiger charge is 2.27. The molecule has 0 bridgehead atoms. The topological polar surface area (TPSA) is 79.8 Å². The van der Waals surface area contributed by atoms with Crippen molar-refractivity contribution in [1.29, 1.82) is 0 Å². The molecule has 28 heavy (non-hydrogen) atoms. The minimum atomic E-state index is -3.57. The second kappa shape index (κ2) is 9.04. The van der Waals surface area contributed by atoms with Crippen molar-refractivity contribution in [3.8, 4) is 0 Å². The third kappa shape index (κ3) is 4.72. The molecule has 1 saturated heterocycles. The van der Waals surface area contributed by atoms with Gasteiger partial charge < -0.3 is 9.64 Å². The summed E-state index contributed by atoms with van der Waals surface area (Å²) in [6.07, 6.45) is 1.35. The Morgan fingerprint density at radius 2 is 1.86 bits per heavy atom. The van der Waals surface area contributed by atoms with Crippen LogP contribution in [0.15, 0.2) is 58.6 Å². The van der Waals surface area contributed by atoms with Gasteiger partial charge in [-0.1, -0.05) is 30.0 Å². The van der Waals surface area contributed by atoms with Crippen LogP contribution in [0, 0.1) is 0 Å². The lowest BCUT2D eigenvalue weighted by Gasteiger charge is -2.26. The maximum absolute atomic E-state index is 12.6. The Balaban J connectivity index is 1.66. The second-order valence-electron chi connectivity index (χ2n) is 6.34. The Kier molecular flexibility index (Phi) is 6.71. The minimum Gasteiger partial charge on any atom is -0.379 e. The van der Waals surface area contributed by atoms with E-state index < -0.39 is 10.0 Å². The summed E-state index contributed by atoms with van der Waals surface area (Å²) in [5.41, 5.74) is 0.819. The maximum atomic E-state index is 12.6. The van der Waals surface area contributed by atoms with Crippen molar-refractivity contribution in [3.63, 3.8) is 0 Å². The van der Waals surface area contributed by atoms with Gasteiger partial charge in [-0.2, -0.15) is 4.31 Å². The van der Waals surface area contributed by atoms with Crippen LogP contribution in [0.2, 0.25) is 0 Å². The number of pyridine rings is 1. The molecule has 1 aliphatic heterocycles. The Hall–Kier alpha value is -1.94. The molecule has 1 atom stereocenters. The van der Waals surface area contributed by atoms with E-state index in [1.807, 2.05) is 37.3 Å². The van der Waals surface area contributed by atoms with Crippen LogP contribution in [0.3, 0.4) is 0 Å². The molecule has 0 unspecified atom stereocenters. The fraction of sp³-hybridized carbons (Fsp3) is 0.368. The number of hydrogen-bond acceptors (Lipinski definition) is 6. The van der Waals surface area contributed by atoms with E-state index in [9.17, 15) is 13.2 Å². The largest absolute Gasteiger partial charge is 0.379 e. The Morgan fingerprint density at radius 1 is 1.18 bits per heavy atom. The summed E-state index contributed by atoms with van der Waals surface area (Å²) >= 11 is 1.30. The molecule has 0 N–H and O–H groups in total. The molecule has 3 rings (SSSR count). The van der Waals surface area contributed by atoms with E-state index in [2.05, 4.69) is 4.98 Å². The number of anilines is 1. The van der Waals surface area contributed by atoms with Crippen LogP contribution in [-0.4, -0.2) is 62.2 Å². The van der Waals surface area contributed by atoms with E-state index in [1.54, 1.807) is 18.0 Å². The summed E-state index contributed by atoms with van der Waals surface area (Å²) in [6, 6.07) is 12.6. The highest BCUT2D eigenvalue weighted by atomic mass is 32.2. The number of nitrogens with zero attached hydrogens (tertiary/aromatic N) is 3. The van der Waals surface area contributed by atoms with Gasteiger partial charge in [0.2, 0.25) is 15.9 Å². The number of para-hydroxylation sites is 1. The number of amides is 1. The zero-order valence-corrected chi connectivity index (χ0v) is 17.4. The van der Waals surface area contributed by atoms with Crippen molar-refractivity contribution in [2.24, 2.45) is 0 Å². The monoisotopic (exact) mass is 421 g/mol. The van der Waals surface area contributed by atoms with Crippen molar-refractivity contribution < 1.29 is 17.9 Å². The van der Waals surface area contributed by atoms with E-state index in [1.165, 1.54) is 28.3 Å². The lowest BCUT2D eigenvalue weighted by atomic mass is 10.3. The predicted octanol–water partition coefficient (Wildman–Crippen LogP) is 2.25. The van der Waals surface area contributed by atoms with E-state index in [0.29, 0.717) is 31.3 Å². The van der Waals surface area contributed by atoms with Gasteiger partial charge >= 0.3 is 0 Å². The average molecular weight is 422 g/mol. The number of rotatable bonds is 6. The lowest BCUT2D eigenvalue weighted by molar-refractivity contribution is -0.117. The number of morpholine rings is 1. The maximum Gasteiger partial charge on any atom is 0.244 e. The third-order valence-electron chi connectivity index (χ3n) is 4.44. The zero-order chi connectivity index (χ0) is 20.1. The van der Waals surface area contributed by atoms with Gasteiger partial charge in [0.05, 0.1) is 23.5 Å². The molecular formula is C19H23N3O4S2. The standard InChI is InChI=1S/C19H23N3O4S2/c1-15(19(23)21(2)16-6-4-3-5-7-16)27-18-9-8-17(14-20-18)28(24,25)22-10-12-26-13-11-22/h3-9,14-15H,10-13H2,1-2H3/t15-/m0/s1. The first-order chi connectivity index (χ1) is 13.4. The molecule has 7 nitrogen and oxygen atoms in total. The minimum absolute atomic E-state index is 0.0528. The summed E-state index contributed by atoms with van der Waals surface area (Å²) in [5.74, 6) is -0.0528. The number of aromatic nitrogens is 1. The summed E-state index contributed by atoms with van der Waals surface area (Å²) in [5, 5.41) is 0.239. The van der Waals surface area contributed by atoms with Gasteiger partial charge in [-0.3, -0.25) is 4.79 Å². The average Bonchev–Trinajstić information content (AvgIpc) is 2.74. The first-order valence-corrected chi connectivity index (χ1v) is 11.2. The Morgan fingerprint density at radius 3 is 2.46 bits per heavy atom. The van der Waals surface area contributed by atoms with Gasteiger partial charge in [0.1, 0.15) is 4.90 Å². The fourth-order valence-corrected chi connectivity index (χ4v) is 5.04.